The summed E-state index contributed by atoms with van der Waals surface area (Å²) in [4.78, 5) is 20.9. The van der Waals surface area contributed by atoms with Crippen LogP contribution in [0.5, 0.6) is 0 Å². The molecule has 0 radical (unpaired) electrons. The molecule has 0 spiro atoms. The Morgan fingerprint density at radius 3 is 2.29 bits per heavy atom. The second-order valence-corrected chi connectivity index (χ2v) is 6.59. The first-order valence-corrected chi connectivity index (χ1v) is 8.25. The van der Waals surface area contributed by atoms with E-state index >= 15 is 0 Å². The number of nitrogens with one attached hydrogen (secondary N) is 1. The van der Waals surface area contributed by atoms with Gasteiger partial charge >= 0.3 is 6.18 Å². The molecule has 1 aliphatic heterocycles. The van der Waals surface area contributed by atoms with Crippen molar-refractivity contribution in [2.24, 2.45) is 4.99 Å². The quantitative estimate of drug-likeness (QED) is 0.601. The molecule has 0 bridgehead atoms. The molecule has 1 saturated heterocycles. The molecular formula is C15H26F3N5O. The van der Waals surface area contributed by atoms with Crippen LogP contribution in [0.15, 0.2) is 4.99 Å². The first-order valence-electron chi connectivity index (χ1n) is 8.25. The molecule has 1 unspecified atom stereocenters. The van der Waals surface area contributed by atoms with Gasteiger partial charge in [0.05, 0.1) is 0 Å². The van der Waals surface area contributed by atoms with Gasteiger partial charge in [0.15, 0.2) is 5.96 Å². The first kappa shape index (κ1) is 18.8. The van der Waals surface area contributed by atoms with Crippen molar-refractivity contribution in [1.29, 1.82) is 0 Å². The van der Waals surface area contributed by atoms with Gasteiger partial charge in [0, 0.05) is 46.3 Å². The van der Waals surface area contributed by atoms with Crippen LogP contribution in [0.25, 0.3) is 0 Å². The summed E-state index contributed by atoms with van der Waals surface area (Å²) in [6.07, 6.45) is -2.08. The van der Waals surface area contributed by atoms with Crippen molar-refractivity contribution in [2.45, 2.75) is 38.0 Å². The van der Waals surface area contributed by atoms with Crippen molar-refractivity contribution in [1.82, 2.24) is 20.0 Å². The molecule has 1 amide bonds. The number of likely N-dealkylation sites (N-methyl/N-ethyl adjacent to an activating group) is 1. The van der Waals surface area contributed by atoms with Crippen molar-refractivity contribution >= 4 is 11.9 Å². The van der Waals surface area contributed by atoms with Crippen LogP contribution in [-0.2, 0) is 4.79 Å². The molecule has 0 aromatic rings. The molecule has 6 nitrogen and oxygen atoms in total. The van der Waals surface area contributed by atoms with E-state index in [1.807, 2.05) is 4.90 Å². The van der Waals surface area contributed by atoms with Crippen LogP contribution >= 0.6 is 0 Å². The fraction of sp³-hybridized carbons (Fsp3) is 0.867. The van der Waals surface area contributed by atoms with E-state index in [2.05, 4.69) is 10.3 Å². The number of halogens is 3. The molecule has 1 atom stereocenters. The van der Waals surface area contributed by atoms with E-state index in [0.29, 0.717) is 38.2 Å². The maximum absolute atomic E-state index is 12.8. The van der Waals surface area contributed by atoms with E-state index in [1.165, 1.54) is 16.7 Å². The Morgan fingerprint density at radius 1 is 1.25 bits per heavy atom. The molecule has 1 heterocycles. The first-order chi connectivity index (χ1) is 11.2. The smallest absolute Gasteiger partial charge is 0.353 e. The highest BCUT2D eigenvalue weighted by molar-refractivity contribution is 5.85. The molecule has 0 aromatic carbocycles. The maximum atomic E-state index is 12.8. The minimum atomic E-state index is -4.20. The predicted octanol–water partition coefficient (Wildman–Crippen LogP) is 0.751. The van der Waals surface area contributed by atoms with Gasteiger partial charge in [0.25, 0.3) is 0 Å². The number of piperazine rings is 1. The van der Waals surface area contributed by atoms with Crippen LogP contribution in [0, 0.1) is 0 Å². The lowest BCUT2D eigenvalue weighted by atomic mass is 10.2. The third-order valence-electron chi connectivity index (χ3n) is 4.41. The number of rotatable bonds is 4. The highest BCUT2D eigenvalue weighted by atomic mass is 19.4. The van der Waals surface area contributed by atoms with E-state index in [9.17, 15) is 18.0 Å². The predicted molar refractivity (Wildman–Crippen MR) is 85.8 cm³/mol. The molecule has 2 rings (SSSR count). The lowest BCUT2D eigenvalue weighted by Crippen LogP contribution is -2.57. The second-order valence-electron chi connectivity index (χ2n) is 6.59. The van der Waals surface area contributed by atoms with Crippen molar-refractivity contribution in [3.05, 3.63) is 0 Å². The van der Waals surface area contributed by atoms with Crippen LogP contribution in [0.3, 0.4) is 0 Å². The Morgan fingerprint density at radius 2 is 1.83 bits per heavy atom. The zero-order valence-electron chi connectivity index (χ0n) is 14.4. The van der Waals surface area contributed by atoms with Crippen molar-refractivity contribution in [3.63, 3.8) is 0 Å². The fourth-order valence-corrected chi connectivity index (χ4v) is 2.46. The van der Waals surface area contributed by atoms with E-state index in [-0.39, 0.29) is 12.5 Å². The lowest BCUT2D eigenvalue weighted by molar-refractivity contribution is -0.181. The van der Waals surface area contributed by atoms with Gasteiger partial charge in [-0.05, 0) is 19.8 Å². The number of aliphatic imine (C=N–C) groups is 1. The van der Waals surface area contributed by atoms with Gasteiger partial charge in [-0.3, -0.25) is 9.69 Å². The summed E-state index contributed by atoms with van der Waals surface area (Å²) in [6.45, 7) is 2.83. The third-order valence-corrected chi connectivity index (χ3v) is 4.41. The van der Waals surface area contributed by atoms with E-state index in [1.54, 1.807) is 14.1 Å². The Kier molecular flexibility index (Phi) is 5.95. The summed E-state index contributed by atoms with van der Waals surface area (Å²) in [5, 5.41) is 3.29. The average molecular weight is 349 g/mol. The van der Waals surface area contributed by atoms with Crippen molar-refractivity contribution in [3.8, 4) is 0 Å². The normalized spacial score (nSPS) is 21.6. The van der Waals surface area contributed by atoms with Gasteiger partial charge in [-0.25, -0.2) is 4.99 Å². The van der Waals surface area contributed by atoms with Gasteiger partial charge in [-0.15, -0.1) is 0 Å². The van der Waals surface area contributed by atoms with Gasteiger partial charge in [0.2, 0.25) is 5.91 Å². The number of carbonyl (C=O) groups excluding carboxylic acids is 1. The SMILES string of the molecule is CC(N1CCN(C(=NCC(=O)N(C)C)NC2CC2)CC1)C(F)(F)F. The monoisotopic (exact) mass is 349 g/mol. The van der Waals surface area contributed by atoms with E-state index in [0.717, 1.165) is 12.8 Å². The van der Waals surface area contributed by atoms with Crippen LogP contribution in [-0.4, -0.2) is 91.6 Å². The topological polar surface area (TPSA) is 51.2 Å². The van der Waals surface area contributed by atoms with Gasteiger partial charge in [-0.2, -0.15) is 13.2 Å². The maximum Gasteiger partial charge on any atom is 0.403 e. The van der Waals surface area contributed by atoms with Crippen molar-refractivity contribution in [2.75, 3.05) is 46.8 Å². The minimum Gasteiger partial charge on any atom is -0.353 e. The van der Waals surface area contributed by atoms with Gasteiger partial charge < -0.3 is 15.1 Å². The summed E-state index contributed by atoms with van der Waals surface area (Å²) >= 11 is 0. The van der Waals surface area contributed by atoms with Gasteiger partial charge in [-0.1, -0.05) is 0 Å². The molecule has 1 saturated carbocycles. The number of nitrogens with zero attached hydrogens (tertiary/aromatic N) is 4. The molecule has 2 aliphatic rings. The number of hydrogen-bond donors (Lipinski definition) is 1. The molecule has 2 fully saturated rings. The molecule has 1 N–H and O–H groups in total. The average Bonchev–Trinajstić information content (AvgIpc) is 3.33. The summed E-state index contributed by atoms with van der Waals surface area (Å²) in [6, 6.07) is -1.07. The number of alkyl halides is 3. The number of carbonyl (C=O) groups is 1. The zero-order valence-corrected chi connectivity index (χ0v) is 14.4. The van der Waals surface area contributed by atoms with Crippen LogP contribution < -0.4 is 5.32 Å². The largest absolute Gasteiger partial charge is 0.403 e. The Labute approximate surface area is 140 Å². The van der Waals surface area contributed by atoms with E-state index < -0.39 is 12.2 Å². The molecular weight excluding hydrogens is 323 g/mol. The number of amides is 1. The van der Waals surface area contributed by atoms with Crippen LogP contribution in [0.2, 0.25) is 0 Å². The second kappa shape index (κ2) is 7.58. The highest BCUT2D eigenvalue weighted by Gasteiger charge is 2.41. The van der Waals surface area contributed by atoms with Crippen LogP contribution in [0.4, 0.5) is 13.2 Å². The number of guanidine groups is 1. The van der Waals surface area contributed by atoms with E-state index in [4.69, 9.17) is 0 Å². The lowest BCUT2D eigenvalue weighted by Gasteiger charge is -2.39. The third kappa shape index (κ3) is 5.25. The minimum absolute atomic E-state index is 0.0429. The molecule has 138 valence electrons. The number of hydrogen-bond acceptors (Lipinski definition) is 3. The molecule has 9 heteroatoms. The summed E-state index contributed by atoms with van der Waals surface area (Å²) in [5.74, 6) is 0.529. The fourth-order valence-electron chi connectivity index (χ4n) is 2.46. The van der Waals surface area contributed by atoms with Gasteiger partial charge in [0.1, 0.15) is 12.6 Å². The zero-order chi connectivity index (χ0) is 17.9. The summed E-state index contributed by atoms with van der Waals surface area (Å²) in [5.41, 5.74) is 0. The Hall–Kier alpha value is -1.51. The summed E-state index contributed by atoms with van der Waals surface area (Å²) in [7, 11) is 3.34. The van der Waals surface area contributed by atoms with Crippen molar-refractivity contribution < 1.29 is 18.0 Å². The standard InChI is InChI=1S/C15H26F3N5O/c1-11(15(16,17)18)22-6-8-23(9-7-22)14(20-12-4-5-12)19-10-13(24)21(2)3/h11-12H,4-10H2,1-3H3,(H,19,20). The molecule has 24 heavy (non-hydrogen) atoms. The molecule has 1 aliphatic carbocycles. The summed E-state index contributed by atoms with van der Waals surface area (Å²) < 4.78 is 38.5. The Balaban J connectivity index is 1.94. The van der Waals surface area contributed by atoms with Crippen LogP contribution in [0.1, 0.15) is 19.8 Å². The highest BCUT2D eigenvalue weighted by Crippen LogP contribution is 2.25. The Bertz CT molecular complexity index is 468. The molecule has 0 aromatic heterocycles.